The monoisotopic (exact) mass is 394 g/mol. The van der Waals surface area contributed by atoms with E-state index in [4.69, 9.17) is 4.74 Å². The average Bonchev–Trinajstić information content (AvgIpc) is 3.00. The number of ether oxygens (including phenoxy) is 1. The van der Waals surface area contributed by atoms with Gasteiger partial charge in [0.05, 0.1) is 18.7 Å². The van der Waals surface area contributed by atoms with Gasteiger partial charge in [-0.15, -0.1) is 0 Å². The number of aryl methyl sites for hydroxylation is 3. The van der Waals surface area contributed by atoms with Crippen molar-refractivity contribution >= 4 is 17.4 Å². The first-order valence-electron chi connectivity index (χ1n) is 9.74. The fourth-order valence-electron chi connectivity index (χ4n) is 3.78. The van der Waals surface area contributed by atoms with Crippen molar-refractivity contribution in [2.24, 2.45) is 0 Å². The molecule has 0 amide bonds. The molecular weight excluding hydrogens is 368 g/mol. The molecule has 152 valence electrons. The second kappa shape index (κ2) is 8.47. The summed E-state index contributed by atoms with van der Waals surface area (Å²) in [5, 5.41) is 9.43. The lowest BCUT2D eigenvalue weighted by atomic mass is 9.86. The van der Waals surface area contributed by atoms with Gasteiger partial charge in [-0.1, -0.05) is 23.8 Å². The third-order valence-electron chi connectivity index (χ3n) is 5.08. The Morgan fingerprint density at radius 3 is 2.62 bits per heavy atom. The highest BCUT2D eigenvalue weighted by Crippen LogP contribution is 2.30. The number of carboxylic acid groups (broad SMARTS) is 1. The number of aliphatic carboxylic acids is 1. The summed E-state index contributed by atoms with van der Waals surface area (Å²) in [7, 11) is 0. The SMILES string of the molecule is CCOc1cccn2c(C(=O)C[C@@H](CC(=O)O)c3cc(C)ccc3C)c(C)nc12. The number of ketones is 1. The molecule has 1 atom stereocenters. The highest BCUT2D eigenvalue weighted by molar-refractivity contribution is 5.97. The Morgan fingerprint density at radius 1 is 1.17 bits per heavy atom. The van der Waals surface area contributed by atoms with Crippen LogP contribution in [0.2, 0.25) is 0 Å². The van der Waals surface area contributed by atoms with Crippen LogP contribution in [0, 0.1) is 20.8 Å². The molecular formula is C23H26N2O4. The number of carbonyl (C=O) groups is 2. The third-order valence-corrected chi connectivity index (χ3v) is 5.08. The number of aromatic nitrogens is 2. The van der Waals surface area contributed by atoms with E-state index in [2.05, 4.69) is 4.98 Å². The van der Waals surface area contributed by atoms with Crippen LogP contribution in [0.4, 0.5) is 0 Å². The normalized spacial score (nSPS) is 12.1. The zero-order chi connectivity index (χ0) is 21.1. The molecule has 0 saturated carbocycles. The van der Waals surface area contributed by atoms with Gasteiger partial charge >= 0.3 is 5.97 Å². The lowest BCUT2D eigenvalue weighted by Crippen LogP contribution is -2.15. The largest absolute Gasteiger partial charge is 0.490 e. The Kier molecular flexibility index (Phi) is 6.01. The van der Waals surface area contributed by atoms with Crippen molar-refractivity contribution in [3.05, 3.63) is 64.6 Å². The van der Waals surface area contributed by atoms with E-state index in [9.17, 15) is 14.7 Å². The standard InChI is InChI=1S/C23H26N2O4/c1-5-29-20-7-6-10-25-22(16(4)24-23(20)25)19(26)12-17(13-21(27)28)18-11-14(2)8-9-15(18)3/h6-11,17H,5,12-13H2,1-4H3,(H,27,28)/t17-/m0/s1. The van der Waals surface area contributed by atoms with E-state index in [1.165, 1.54) is 0 Å². The van der Waals surface area contributed by atoms with Gasteiger partial charge in [0.1, 0.15) is 5.69 Å². The molecule has 0 aliphatic heterocycles. The fraction of sp³-hybridized carbons (Fsp3) is 0.348. The van der Waals surface area contributed by atoms with Crippen molar-refractivity contribution in [3.8, 4) is 5.75 Å². The van der Waals surface area contributed by atoms with Crippen molar-refractivity contribution in [2.45, 2.75) is 46.5 Å². The van der Waals surface area contributed by atoms with E-state index < -0.39 is 11.9 Å². The van der Waals surface area contributed by atoms with Gasteiger partial charge in [0.15, 0.2) is 17.2 Å². The zero-order valence-electron chi connectivity index (χ0n) is 17.2. The third kappa shape index (κ3) is 4.31. The average molecular weight is 394 g/mol. The first-order valence-corrected chi connectivity index (χ1v) is 9.74. The molecule has 0 radical (unpaired) electrons. The maximum absolute atomic E-state index is 13.3. The van der Waals surface area contributed by atoms with Crippen LogP contribution in [-0.2, 0) is 4.79 Å². The molecule has 0 unspecified atom stereocenters. The predicted octanol–water partition coefficient (Wildman–Crippen LogP) is 4.49. The quantitative estimate of drug-likeness (QED) is 0.569. The maximum Gasteiger partial charge on any atom is 0.303 e. The molecule has 1 N–H and O–H groups in total. The number of nitrogens with zero attached hydrogens (tertiary/aromatic N) is 2. The Labute approximate surface area is 170 Å². The van der Waals surface area contributed by atoms with Crippen LogP contribution in [0.1, 0.15) is 58.6 Å². The van der Waals surface area contributed by atoms with Crippen molar-refractivity contribution < 1.29 is 19.4 Å². The lowest BCUT2D eigenvalue weighted by molar-refractivity contribution is -0.137. The minimum Gasteiger partial charge on any atom is -0.490 e. The van der Waals surface area contributed by atoms with Crippen LogP contribution in [0.15, 0.2) is 36.5 Å². The zero-order valence-corrected chi connectivity index (χ0v) is 17.2. The van der Waals surface area contributed by atoms with E-state index in [1.807, 2.05) is 51.1 Å². The van der Waals surface area contributed by atoms with Gasteiger partial charge < -0.3 is 9.84 Å². The van der Waals surface area contributed by atoms with Crippen molar-refractivity contribution in [1.29, 1.82) is 0 Å². The van der Waals surface area contributed by atoms with Crippen LogP contribution < -0.4 is 4.74 Å². The summed E-state index contributed by atoms with van der Waals surface area (Å²) in [6, 6.07) is 9.57. The number of pyridine rings is 1. The summed E-state index contributed by atoms with van der Waals surface area (Å²) in [6.07, 6.45) is 1.79. The highest BCUT2D eigenvalue weighted by atomic mass is 16.5. The Morgan fingerprint density at radius 2 is 1.93 bits per heavy atom. The smallest absolute Gasteiger partial charge is 0.303 e. The summed E-state index contributed by atoms with van der Waals surface area (Å²) < 4.78 is 7.37. The molecule has 3 rings (SSSR count). The molecule has 0 spiro atoms. The van der Waals surface area contributed by atoms with Crippen molar-refractivity contribution in [2.75, 3.05) is 6.61 Å². The Balaban J connectivity index is 2.00. The van der Waals surface area contributed by atoms with Gasteiger partial charge in [-0.2, -0.15) is 0 Å². The minimum absolute atomic E-state index is 0.101. The number of hydrogen-bond acceptors (Lipinski definition) is 4. The van der Waals surface area contributed by atoms with E-state index >= 15 is 0 Å². The molecule has 0 aliphatic rings. The molecule has 6 nitrogen and oxygen atoms in total. The topological polar surface area (TPSA) is 80.9 Å². The number of Topliss-reactive ketones (excluding diaryl/α,β-unsaturated/α-hetero) is 1. The number of rotatable bonds is 8. The first kappa shape index (κ1) is 20.6. The van der Waals surface area contributed by atoms with Gasteiger partial charge in [0.25, 0.3) is 0 Å². The molecule has 29 heavy (non-hydrogen) atoms. The van der Waals surface area contributed by atoms with E-state index in [1.54, 1.807) is 17.5 Å². The predicted molar refractivity (Wildman–Crippen MR) is 111 cm³/mol. The fourth-order valence-corrected chi connectivity index (χ4v) is 3.78. The molecule has 2 heterocycles. The van der Waals surface area contributed by atoms with Gasteiger partial charge in [0.2, 0.25) is 0 Å². The number of fused-ring (bicyclic) bond motifs is 1. The Hall–Kier alpha value is -3.15. The molecule has 0 fully saturated rings. The Bertz CT molecular complexity index is 1070. The molecule has 0 saturated heterocycles. The van der Waals surface area contributed by atoms with Crippen LogP contribution in [0.5, 0.6) is 5.75 Å². The van der Waals surface area contributed by atoms with Gasteiger partial charge in [-0.3, -0.25) is 14.0 Å². The molecule has 0 aliphatic carbocycles. The van der Waals surface area contributed by atoms with Gasteiger partial charge in [0, 0.05) is 18.5 Å². The van der Waals surface area contributed by atoms with Crippen LogP contribution in [0.25, 0.3) is 5.65 Å². The summed E-state index contributed by atoms with van der Waals surface area (Å²) in [5.41, 5.74) is 4.61. The van der Waals surface area contributed by atoms with Crippen LogP contribution in [-0.4, -0.2) is 32.9 Å². The number of imidazole rings is 1. The van der Waals surface area contributed by atoms with Crippen LogP contribution in [0.3, 0.4) is 0 Å². The minimum atomic E-state index is -0.919. The highest BCUT2D eigenvalue weighted by Gasteiger charge is 2.25. The summed E-state index contributed by atoms with van der Waals surface area (Å²) in [4.78, 5) is 29.3. The molecule has 3 aromatic rings. The first-order chi connectivity index (χ1) is 13.8. The number of hydrogen-bond donors (Lipinski definition) is 1. The number of benzene rings is 1. The molecule has 1 aromatic carbocycles. The second-order valence-electron chi connectivity index (χ2n) is 7.33. The van der Waals surface area contributed by atoms with Gasteiger partial charge in [-0.25, -0.2) is 4.98 Å². The van der Waals surface area contributed by atoms with Crippen molar-refractivity contribution in [3.63, 3.8) is 0 Å². The number of carbonyl (C=O) groups excluding carboxylic acids is 1. The summed E-state index contributed by atoms with van der Waals surface area (Å²) in [5.74, 6) is -0.832. The van der Waals surface area contributed by atoms with E-state index in [0.717, 1.165) is 16.7 Å². The van der Waals surface area contributed by atoms with Gasteiger partial charge in [-0.05, 0) is 51.0 Å². The molecule has 0 bridgehead atoms. The summed E-state index contributed by atoms with van der Waals surface area (Å²) >= 11 is 0. The molecule has 6 heteroatoms. The summed E-state index contributed by atoms with van der Waals surface area (Å²) in [6.45, 7) is 8.10. The number of carboxylic acids is 1. The lowest BCUT2D eigenvalue weighted by Gasteiger charge is -2.18. The molecule has 2 aromatic heterocycles. The van der Waals surface area contributed by atoms with E-state index in [0.29, 0.717) is 29.4 Å². The van der Waals surface area contributed by atoms with E-state index in [-0.39, 0.29) is 18.6 Å². The van der Waals surface area contributed by atoms with Crippen LogP contribution >= 0.6 is 0 Å². The maximum atomic E-state index is 13.3. The second-order valence-corrected chi connectivity index (χ2v) is 7.33. The van der Waals surface area contributed by atoms with Crippen molar-refractivity contribution in [1.82, 2.24) is 9.38 Å².